The van der Waals surface area contributed by atoms with E-state index in [0.29, 0.717) is 0 Å². The van der Waals surface area contributed by atoms with Gasteiger partial charge in [-0.05, 0) is 79.1 Å². The first kappa shape index (κ1) is 23.3. The Labute approximate surface area is 197 Å². The first-order chi connectivity index (χ1) is 14.6. The highest BCUT2D eigenvalue weighted by Crippen LogP contribution is 2.58. The van der Waals surface area contributed by atoms with Crippen molar-refractivity contribution in [1.29, 1.82) is 0 Å². The average Bonchev–Trinajstić information content (AvgIpc) is 2.81. The minimum absolute atomic E-state index is 0. The minimum Gasteiger partial charge on any atom is -0.496 e. The molecule has 0 atom stereocenters. The molecule has 4 aromatic carbocycles. The summed E-state index contributed by atoms with van der Waals surface area (Å²) in [5.41, 5.74) is 3.85. The highest BCUT2D eigenvalue weighted by molar-refractivity contribution is 8.93. The number of halogens is 1. The van der Waals surface area contributed by atoms with Gasteiger partial charge in [-0.3, -0.25) is 0 Å². The van der Waals surface area contributed by atoms with Gasteiger partial charge in [0.1, 0.15) is 28.9 Å². The SMILES string of the molecule is Br.COc1cc(C)c(C[P+](c2ccccc2)(c2ccccc2)c2ccccc2)cc1C. The molecule has 0 heterocycles. The van der Waals surface area contributed by atoms with Crippen LogP contribution in [0, 0.1) is 13.8 Å². The Hall–Kier alpha value is -2.41. The first-order valence-electron chi connectivity index (χ1n) is 10.3. The summed E-state index contributed by atoms with van der Waals surface area (Å²) in [6, 6.07) is 37.7. The van der Waals surface area contributed by atoms with E-state index < -0.39 is 7.26 Å². The average molecular weight is 492 g/mol. The third kappa shape index (κ3) is 4.61. The van der Waals surface area contributed by atoms with Crippen molar-refractivity contribution < 1.29 is 4.74 Å². The van der Waals surface area contributed by atoms with Gasteiger partial charge in [-0.25, -0.2) is 0 Å². The van der Waals surface area contributed by atoms with Gasteiger partial charge in [0.15, 0.2) is 0 Å². The standard InChI is InChI=1S/C28H28OP.BrH/c1-22-20-28(29-3)23(2)19-24(22)21-30(25-13-7-4-8-14-25,26-15-9-5-10-16-26)27-17-11-6-12-18-27;/h4-20H,21H2,1-3H3;1H/q+1;. The number of methoxy groups -OCH3 is 1. The monoisotopic (exact) mass is 491 g/mol. The van der Waals surface area contributed by atoms with E-state index in [1.54, 1.807) is 7.11 Å². The lowest BCUT2D eigenvalue weighted by Crippen LogP contribution is -2.32. The van der Waals surface area contributed by atoms with Crippen molar-refractivity contribution in [2.24, 2.45) is 0 Å². The van der Waals surface area contributed by atoms with Crippen LogP contribution in [0.25, 0.3) is 0 Å². The highest BCUT2D eigenvalue weighted by atomic mass is 79.9. The number of hydrogen-bond acceptors (Lipinski definition) is 1. The Bertz CT molecular complexity index is 1020. The summed E-state index contributed by atoms with van der Waals surface area (Å²) in [5.74, 6) is 0.958. The van der Waals surface area contributed by atoms with Crippen LogP contribution in [-0.2, 0) is 6.16 Å². The summed E-state index contributed by atoms with van der Waals surface area (Å²) >= 11 is 0. The van der Waals surface area contributed by atoms with E-state index in [1.807, 2.05) is 0 Å². The maximum atomic E-state index is 5.57. The van der Waals surface area contributed by atoms with Gasteiger partial charge in [0, 0.05) is 0 Å². The van der Waals surface area contributed by atoms with E-state index in [9.17, 15) is 0 Å². The molecule has 4 aromatic rings. The second kappa shape index (κ2) is 10.3. The summed E-state index contributed by atoms with van der Waals surface area (Å²) in [6.45, 7) is 4.34. The van der Waals surface area contributed by atoms with E-state index in [2.05, 4.69) is 117 Å². The minimum atomic E-state index is -1.89. The molecule has 0 aliphatic carbocycles. The predicted molar refractivity (Wildman–Crippen MR) is 142 cm³/mol. The van der Waals surface area contributed by atoms with Crippen molar-refractivity contribution in [3.05, 3.63) is 120 Å². The Morgan fingerprint density at radius 2 is 1.03 bits per heavy atom. The highest BCUT2D eigenvalue weighted by Gasteiger charge is 2.45. The number of rotatable bonds is 6. The molecule has 0 radical (unpaired) electrons. The fourth-order valence-corrected chi connectivity index (χ4v) is 8.60. The Morgan fingerprint density at radius 1 is 0.613 bits per heavy atom. The number of benzene rings is 4. The smallest absolute Gasteiger partial charge is 0.122 e. The van der Waals surface area contributed by atoms with E-state index >= 15 is 0 Å². The molecule has 0 amide bonds. The van der Waals surface area contributed by atoms with Crippen molar-refractivity contribution >= 4 is 40.2 Å². The van der Waals surface area contributed by atoms with Crippen molar-refractivity contribution in [1.82, 2.24) is 0 Å². The molecule has 31 heavy (non-hydrogen) atoms. The van der Waals surface area contributed by atoms with Gasteiger partial charge in [-0.2, -0.15) is 0 Å². The van der Waals surface area contributed by atoms with Crippen LogP contribution in [0.1, 0.15) is 16.7 Å². The molecule has 0 aromatic heterocycles. The third-order valence-corrected chi connectivity index (χ3v) is 10.2. The lowest BCUT2D eigenvalue weighted by atomic mass is 10.1. The molecule has 1 nitrogen and oxygen atoms in total. The summed E-state index contributed by atoms with van der Waals surface area (Å²) in [6.07, 6.45) is 0.988. The van der Waals surface area contributed by atoms with Gasteiger partial charge >= 0.3 is 0 Å². The maximum absolute atomic E-state index is 5.57. The topological polar surface area (TPSA) is 9.23 Å². The van der Waals surface area contributed by atoms with Crippen molar-refractivity contribution in [3.63, 3.8) is 0 Å². The molecule has 0 aliphatic rings. The summed E-state index contributed by atoms with van der Waals surface area (Å²) in [5, 5.41) is 4.24. The van der Waals surface area contributed by atoms with Crippen molar-refractivity contribution in [2.75, 3.05) is 7.11 Å². The van der Waals surface area contributed by atoms with Crippen LogP contribution in [0.3, 0.4) is 0 Å². The van der Waals surface area contributed by atoms with E-state index in [-0.39, 0.29) is 17.0 Å². The second-order valence-electron chi connectivity index (χ2n) is 7.72. The van der Waals surface area contributed by atoms with E-state index in [4.69, 9.17) is 4.74 Å². The maximum Gasteiger partial charge on any atom is 0.122 e. The summed E-state index contributed by atoms with van der Waals surface area (Å²) < 4.78 is 5.57. The fourth-order valence-electron chi connectivity index (χ4n) is 4.26. The zero-order valence-electron chi connectivity index (χ0n) is 18.3. The van der Waals surface area contributed by atoms with Crippen LogP contribution in [0.2, 0.25) is 0 Å². The van der Waals surface area contributed by atoms with Crippen LogP contribution in [0.4, 0.5) is 0 Å². The van der Waals surface area contributed by atoms with Gasteiger partial charge in [0.2, 0.25) is 0 Å². The number of aryl methyl sites for hydroxylation is 2. The van der Waals surface area contributed by atoms with Crippen LogP contribution in [-0.4, -0.2) is 7.11 Å². The van der Waals surface area contributed by atoms with Crippen LogP contribution < -0.4 is 20.7 Å². The molecule has 0 saturated heterocycles. The van der Waals surface area contributed by atoms with Gasteiger partial charge in [-0.15, -0.1) is 17.0 Å². The molecule has 0 aliphatic heterocycles. The molecule has 0 spiro atoms. The van der Waals surface area contributed by atoms with Crippen LogP contribution in [0.15, 0.2) is 103 Å². The normalized spacial score (nSPS) is 10.9. The summed E-state index contributed by atoms with van der Waals surface area (Å²) in [4.78, 5) is 0. The third-order valence-electron chi connectivity index (χ3n) is 5.85. The van der Waals surface area contributed by atoms with Crippen LogP contribution >= 0.6 is 24.2 Å². The zero-order chi connectivity index (χ0) is 21.0. The lowest BCUT2D eigenvalue weighted by molar-refractivity contribution is 0.411. The molecule has 0 fully saturated rings. The van der Waals surface area contributed by atoms with Gasteiger partial charge in [0.25, 0.3) is 0 Å². The Morgan fingerprint density at radius 3 is 1.42 bits per heavy atom. The fraction of sp³-hybridized carbons (Fsp3) is 0.143. The van der Waals surface area contributed by atoms with E-state index in [1.165, 1.54) is 32.6 Å². The quantitative estimate of drug-likeness (QED) is 0.284. The van der Waals surface area contributed by atoms with Crippen molar-refractivity contribution in [2.45, 2.75) is 20.0 Å². The Balaban J connectivity index is 0.00000272. The molecule has 3 heteroatoms. The molecular weight excluding hydrogens is 463 g/mol. The van der Waals surface area contributed by atoms with Gasteiger partial charge in [0.05, 0.1) is 13.3 Å². The van der Waals surface area contributed by atoms with Crippen molar-refractivity contribution in [3.8, 4) is 5.75 Å². The second-order valence-corrected chi connectivity index (χ2v) is 11.2. The molecular formula is C28H29BrOP+. The molecule has 158 valence electrons. The number of hydrogen-bond donors (Lipinski definition) is 0. The molecule has 0 saturated carbocycles. The van der Waals surface area contributed by atoms with Gasteiger partial charge < -0.3 is 4.74 Å². The predicted octanol–water partition coefficient (Wildman–Crippen LogP) is 6.38. The first-order valence-corrected chi connectivity index (χ1v) is 12.3. The summed E-state index contributed by atoms with van der Waals surface area (Å²) in [7, 11) is -0.140. The largest absolute Gasteiger partial charge is 0.496 e. The Kier molecular flexibility index (Phi) is 7.70. The van der Waals surface area contributed by atoms with E-state index in [0.717, 1.165) is 11.9 Å². The lowest BCUT2D eigenvalue weighted by Gasteiger charge is -2.28. The molecule has 0 N–H and O–H groups in total. The molecule has 4 rings (SSSR count). The number of ether oxygens (including phenoxy) is 1. The van der Waals surface area contributed by atoms with Gasteiger partial charge in [-0.1, -0.05) is 54.6 Å². The van der Waals surface area contributed by atoms with Crippen LogP contribution in [0.5, 0.6) is 5.75 Å². The molecule has 0 bridgehead atoms. The molecule has 0 unspecified atom stereocenters. The zero-order valence-corrected chi connectivity index (χ0v) is 20.9.